The number of carbonyl (C=O) groups is 1. The number of hydrogen-bond acceptors (Lipinski definition) is 5. The highest BCUT2D eigenvalue weighted by Gasteiger charge is 2.13. The van der Waals surface area contributed by atoms with Crippen molar-refractivity contribution in [1.29, 1.82) is 0 Å². The summed E-state index contributed by atoms with van der Waals surface area (Å²) in [7, 11) is 1.56. The Balaban J connectivity index is 2.15. The molecule has 0 saturated heterocycles. The summed E-state index contributed by atoms with van der Waals surface area (Å²) in [5.74, 6) is 0.312. The fourth-order valence-corrected chi connectivity index (χ4v) is 2.14. The molecule has 100 valence electrons. The smallest absolute Gasteiger partial charge is 0.261 e. The number of rotatable bonds is 5. The van der Waals surface area contributed by atoms with E-state index in [0.717, 1.165) is 0 Å². The van der Waals surface area contributed by atoms with Gasteiger partial charge in [0.15, 0.2) is 10.2 Å². The van der Waals surface area contributed by atoms with Gasteiger partial charge in [-0.05, 0) is 19.1 Å². The predicted molar refractivity (Wildman–Crippen MR) is 74.2 cm³/mol. The molecule has 19 heavy (non-hydrogen) atoms. The molecule has 0 aliphatic rings. The van der Waals surface area contributed by atoms with E-state index in [2.05, 4.69) is 10.3 Å². The van der Waals surface area contributed by atoms with Gasteiger partial charge in [0, 0.05) is 0 Å². The normalized spacial score (nSPS) is 10.0. The summed E-state index contributed by atoms with van der Waals surface area (Å²) in [6, 6.07) is 7.10. The Kier molecular flexibility index (Phi) is 4.35. The number of nitrogens with zero attached hydrogens (tertiary/aromatic N) is 1. The molecule has 1 amide bonds. The van der Waals surface area contributed by atoms with E-state index in [-0.39, 0.29) is 5.91 Å². The van der Waals surface area contributed by atoms with E-state index in [9.17, 15) is 4.79 Å². The number of amides is 1. The Morgan fingerprint density at radius 3 is 2.89 bits per heavy atom. The maximum absolute atomic E-state index is 12.1. The summed E-state index contributed by atoms with van der Waals surface area (Å²) in [6.45, 7) is 2.38. The fraction of sp³-hybridized carbons (Fsp3) is 0.231. The van der Waals surface area contributed by atoms with E-state index in [4.69, 9.17) is 9.47 Å². The Morgan fingerprint density at radius 2 is 2.21 bits per heavy atom. The van der Waals surface area contributed by atoms with Crippen LogP contribution in [0.3, 0.4) is 0 Å². The zero-order valence-electron chi connectivity index (χ0n) is 10.7. The van der Waals surface area contributed by atoms with Crippen molar-refractivity contribution in [2.24, 2.45) is 0 Å². The van der Waals surface area contributed by atoms with Crippen molar-refractivity contribution in [1.82, 2.24) is 4.98 Å². The second-order valence-corrected chi connectivity index (χ2v) is 4.57. The first kappa shape index (κ1) is 13.4. The Bertz CT molecular complexity index is 569. The molecular weight excluding hydrogens is 264 g/mol. The predicted octanol–water partition coefficient (Wildman–Crippen LogP) is 2.80. The van der Waals surface area contributed by atoms with Gasteiger partial charge >= 0.3 is 0 Å². The van der Waals surface area contributed by atoms with Gasteiger partial charge in [-0.25, -0.2) is 4.98 Å². The molecule has 0 radical (unpaired) electrons. The number of para-hydroxylation sites is 1. The third kappa shape index (κ3) is 3.23. The lowest BCUT2D eigenvalue weighted by Crippen LogP contribution is -2.13. The molecule has 2 rings (SSSR count). The molecule has 0 spiro atoms. The van der Waals surface area contributed by atoms with E-state index >= 15 is 0 Å². The highest BCUT2D eigenvalue weighted by molar-refractivity contribution is 7.17. The summed E-state index contributed by atoms with van der Waals surface area (Å²) in [5, 5.41) is 3.86. The van der Waals surface area contributed by atoms with Crippen molar-refractivity contribution >= 4 is 22.4 Å². The summed E-state index contributed by atoms with van der Waals surface area (Å²) in [6.07, 6.45) is 1.56. The Labute approximate surface area is 115 Å². The van der Waals surface area contributed by atoms with E-state index < -0.39 is 0 Å². The summed E-state index contributed by atoms with van der Waals surface area (Å²) < 4.78 is 10.4. The molecule has 0 saturated carbocycles. The molecule has 2 aromatic rings. The Hall–Kier alpha value is -2.08. The summed E-state index contributed by atoms with van der Waals surface area (Å²) in [5.41, 5.74) is 0.485. The number of anilines is 1. The molecule has 0 unspecified atom stereocenters. The van der Waals surface area contributed by atoms with Gasteiger partial charge in [0.05, 0.1) is 25.5 Å². The molecule has 0 bridgehead atoms. The lowest BCUT2D eigenvalue weighted by atomic mass is 10.2. The van der Waals surface area contributed by atoms with Gasteiger partial charge in [0.2, 0.25) is 0 Å². The third-order valence-corrected chi connectivity index (χ3v) is 3.21. The monoisotopic (exact) mass is 278 g/mol. The topological polar surface area (TPSA) is 60.5 Å². The van der Waals surface area contributed by atoms with Crippen LogP contribution in [0.15, 0.2) is 30.5 Å². The minimum atomic E-state index is -0.249. The maximum atomic E-state index is 12.1. The van der Waals surface area contributed by atoms with Gasteiger partial charge in [-0.2, -0.15) is 0 Å². The van der Waals surface area contributed by atoms with Crippen LogP contribution in [-0.2, 0) is 0 Å². The van der Waals surface area contributed by atoms with E-state index in [1.54, 1.807) is 31.5 Å². The van der Waals surface area contributed by atoms with Crippen LogP contribution >= 0.6 is 11.3 Å². The van der Waals surface area contributed by atoms with Gasteiger partial charge < -0.3 is 9.47 Å². The van der Waals surface area contributed by atoms with E-state index in [0.29, 0.717) is 28.1 Å². The first-order valence-electron chi connectivity index (χ1n) is 5.77. The van der Waals surface area contributed by atoms with Crippen LogP contribution in [0.25, 0.3) is 0 Å². The molecule has 1 aromatic heterocycles. The molecular formula is C13H14N2O3S. The van der Waals surface area contributed by atoms with Gasteiger partial charge in [-0.1, -0.05) is 23.5 Å². The fourth-order valence-electron chi connectivity index (χ4n) is 1.51. The molecule has 0 atom stereocenters. The highest BCUT2D eigenvalue weighted by atomic mass is 32.1. The van der Waals surface area contributed by atoms with Crippen LogP contribution < -0.4 is 14.8 Å². The summed E-state index contributed by atoms with van der Waals surface area (Å²) >= 11 is 1.27. The standard InChI is InChI=1S/C13H14N2O3S/c1-3-18-10-7-5-4-6-9(10)12(16)15-13-14-8-11(17-2)19-13/h4-8H,3H2,1-2H3,(H,14,15,16). The van der Waals surface area contributed by atoms with Crippen LogP contribution in [-0.4, -0.2) is 24.6 Å². The lowest BCUT2D eigenvalue weighted by Gasteiger charge is -2.08. The molecule has 6 heteroatoms. The number of aromatic nitrogens is 1. The first-order valence-corrected chi connectivity index (χ1v) is 6.59. The van der Waals surface area contributed by atoms with Crippen molar-refractivity contribution in [3.05, 3.63) is 36.0 Å². The van der Waals surface area contributed by atoms with Crippen LogP contribution in [0, 0.1) is 0 Å². The Morgan fingerprint density at radius 1 is 1.42 bits per heavy atom. The second kappa shape index (κ2) is 6.19. The third-order valence-electron chi connectivity index (χ3n) is 2.34. The van der Waals surface area contributed by atoms with Gasteiger partial charge in [-0.3, -0.25) is 10.1 Å². The number of benzene rings is 1. The molecule has 1 heterocycles. The molecule has 1 N–H and O–H groups in total. The van der Waals surface area contributed by atoms with Gasteiger partial charge in [0.25, 0.3) is 5.91 Å². The number of hydrogen-bond donors (Lipinski definition) is 1. The quantitative estimate of drug-likeness (QED) is 0.913. The van der Waals surface area contributed by atoms with E-state index in [1.807, 2.05) is 13.0 Å². The molecule has 0 aliphatic heterocycles. The van der Waals surface area contributed by atoms with Crippen LogP contribution in [0.4, 0.5) is 5.13 Å². The van der Waals surface area contributed by atoms with Crippen LogP contribution in [0.1, 0.15) is 17.3 Å². The van der Waals surface area contributed by atoms with Crippen molar-refractivity contribution < 1.29 is 14.3 Å². The minimum Gasteiger partial charge on any atom is -0.493 e. The number of thiazole rings is 1. The van der Waals surface area contributed by atoms with Crippen molar-refractivity contribution in [2.45, 2.75) is 6.92 Å². The minimum absolute atomic E-state index is 0.249. The summed E-state index contributed by atoms with van der Waals surface area (Å²) in [4.78, 5) is 16.2. The largest absolute Gasteiger partial charge is 0.493 e. The number of nitrogens with one attached hydrogen (secondary N) is 1. The number of carbonyl (C=O) groups excluding carboxylic acids is 1. The first-order chi connectivity index (χ1) is 9.24. The van der Waals surface area contributed by atoms with Crippen molar-refractivity contribution in [3.63, 3.8) is 0 Å². The van der Waals surface area contributed by atoms with Crippen LogP contribution in [0.5, 0.6) is 10.8 Å². The van der Waals surface area contributed by atoms with Crippen molar-refractivity contribution in [2.75, 3.05) is 19.0 Å². The van der Waals surface area contributed by atoms with Crippen LogP contribution in [0.2, 0.25) is 0 Å². The maximum Gasteiger partial charge on any atom is 0.261 e. The zero-order chi connectivity index (χ0) is 13.7. The van der Waals surface area contributed by atoms with E-state index in [1.165, 1.54) is 11.3 Å². The SMILES string of the molecule is CCOc1ccccc1C(=O)Nc1ncc(OC)s1. The zero-order valence-corrected chi connectivity index (χ0v) is 11.5. The molecule has 0 aliphatic carbocycles. The molecule has 1 aromatic carbocycles. The lowest BCUT2D eigenvalue weighted by molar-refractivity contribution is 0.102. The average Bonchev–Trinajstić information content (AvgIpc) is 2.87. The molecule has 5 nitrogen and oxygen atoms in total. The van der Waals surface area contributed by atoms with Gasteiger partial charge in [0.1, 0.15) is 5.75 Å². The van der Waals surface area contributed by atoms with Gasteiger partial charge in [-0.15, -0.1) is 0 Å². The number of ether oxygens (including phenoxy) is 2. The molecule has 0 fully saturated rings. The second-order valence-electron chi connectivity index (χ2n) is 3.57. The van der Waals surface area contributed by atoms with Crippen molar-refractivity contribution in [3.8, 4) is 10.8 Å². The number of methoxy groups -OCH3 is 1. The highest BCUT2D eigenvalue weighted by Crippen LogP contribution is 2.26. The average molecular weight is 278 g/mol.